The lowest BCUT2D eigenvalue weighted by Crippen LogP contribution is -2.14. The number of allylic oxidation sites excluding steroid dienone is 1. The molecule has 1 aromatic heterocycles. The second-order valence-corrected chi connectivity index (χ2v) is 6.68. The minimum atomic E-state index is -3.79. The number of rotatable bonds is 5. The summed E-state index contributed by atoms with van der Waals surface area (Å²) in [6.07, 6.45) is 1.24. The molecule has 0 atom stereocenters. The van der Waals surface area contributed by atoms with E-state index in [0.717, 1.165) is 0 Å². The summed E-state index contributed by atoms with van der Waals surface area (Å²) < 4.78 is 27.2. The minimum absolute atomic E-state index is 0.0525. The number of hydrogen-bond donors (Lipinski definition) is 2. The van der Waals surface area contributed by atoms with E-state index < -0.39 is 10.0 Å². The molecule has 8 nitrogen and oxygen atoms in total. The predicted octanol–water partition coefficient (Wildman–Crippen LogP) is 2.24. The van der Waals surface area contributed by atoms with Crippen molar-refractivity contribution in [3.8, 4) is 12.1 Å². The molecule has 1 aromatic carbocycles. The lowest BCUT2D eigenvalue weighted by atomic mass is 10.3. The number of nitrogens with one attached hydrogen (secondary N) is 2. The van der Waals surface area contributed by atoms with E-state index >= 15 is 0 Å². The molecule has 0 unspecified atom stereocenters. The van der Waals surface area contributed by atoms with Gasteiger partial charge in [0.15, 0.2) is 0 Å². The molecule has 2 aromatic rings. The molecule has 0 saturated carbocycles. The van der Waals surface area contributed by atoms with E-state index in [9.17, 15) is 8.42 Å². The number of anilines is 2. The Morgan fingerprint density at radius 1 is 1.12 bits per heavy atom. The Balaban J connectivity index is 2.19. The lowest BCUT2D eigenvalue weighted by molar-refractivity contribution is 0.601. The Kier molecular flexibility index (Phi) is 5.32. The van der Waals surface area contributed by atoms with Crippen LogP contribution < -0.4 is 10.0 Å². The predicted molar refractivity (Wildman–Crippen MR) is 91.7 cm³/mol. The minimum Gasteiger partial charge on any atom is -0.360 e. The zero-order valence-electron chi connectivity index (χ0n) is 13.5. The average Bonchev–Trinajstić information content (AvgIpc) is 2.55. The smallest absolute Gasteiger partial charge is 0.263 e. The van der Waals surface area contributed by atoms with Gasteiger partial charge in [0, 0.05) is 23.6 Å². The normalized spacial score (nSPS) is 10.2. The number of nitriles is 2. The van der Waals surface area contributed by atoms with Crippen LogP contribution in [0.15, 0.2) is 47.0 Å². The third kappa shape index (κ3) is 4.77. The van der Waals surface area contributed by atoms with Crippen LogP contribution in [-0.2, 0) is 10.0 Å². The maximum absolute atomic E-state index is 12.4. The van der Waals surface area contributed by atoms with Crippen molar-refractivity contribution in [2.45, 2.75) is 18.7 Å². The topological polar surface area (TPSA) is 132 Å². The van der Waals surface area contributed by atoms with Gasteiger partial charge in [-0.3, -0.25) is 4.72 Å². The third-order valence-electron chi connectivity index (χ3n) is 2.99. The Morgan fingerprint density at radius 3 is 2.32 bits per heavy atom. The molecule has 0 fully saturated rings. The standard InChI is InChI=1S/C16H14N6O2S/c1-11-7-16(21-12(2)20-11)22-25(23,24)15-5-3-14(4-6-15)19-10-13(8-17)9-18/h3-7,10,19H,1-2H3,(H,20,21,22). The van der Waals surface area contributed by atoms with E-state index in [1.54, 1.807) is 26.0 Å². The monoisotopic (exact) mass is 354 g/mol. The summed E-state index contributed by atoms with van der Waals surface area (Å²) in [5.41, 5.74) is 1.10. The molecule has 9 heteroatoms. The molecule has 0 aliphatic rings. The summed E-state index contributed by atoms with van der Waals surface area (Å²) in [6, 6.07) is 10.8. The number of aromatic nitrogens is 2. The number of nitrogens with zero attached hydrogens (tertiary/aromatic N) is 4. The van der Waals surface area contributed by atoms with Gasteiger partial charge >= 0.3 is 0 Å². The van der Waals surface area contributed by atoms with E-state index in [4.69, 9.17) is 10.5 Å². The highest BCUT2D eigenvalue weighted by atomic mass is 32.2. The Bertz CT molecular complexity index is 962. The second kappa shape index (κ2) is 7.43. The van der Waals surface area contributed by atoms with Crippen LogP contribution >= 0.6 is 0 Å². The lowest BCUT2D eigenvalue weighted by Gasteiger charge is -2.09. The summed E-state index contributed by atoms with van der Waals surface area (Å²) >= 11 is 0. The molecule has 0 aliphatic carbocycles. The summed E-state index contributed by atoms with van der Waals surface area (Å²) in [6.45, 7) is 3.42. The molecule has 2 N–H and O–H groups in total. The Hall–Kier alpha value is -3.43. The van der Waals surface area contributed by atoms with Crippen molar-refractivity contribution >= 4 is 21.5 Å². The highest BCUT2D eigenvalue weighted by molar-refractivity contribution is 7.92. The van der Waals surface area contributed by atoms with E-state index in [-0.39, 0.29) is 16.3 Å². The van der Waals surface area contributed by atoms with Gasteiger partial charge in [-0.05, 0) is 38.1 Å². The fourth-order valence-corrected chi connectivity index (χ4v) is 2.93. The fourth-order valence-electron chi connectivity index (χ4n) is 1.94. The quantitative estimate of drug-likeness (QED) is 0.787. The SMILES string of the molecule is Cc1cc(NS(=O)(=O)c2ccc(NC=C(C#N)C#N)cc2)nc(C)n1. The first kappa shape index (κ1) is 17.9. The molecule has 0 radical (unpaired) electrons. The highest BCUT2D eigenvalue weighted by Gasteiger charge is 2.15. The van der Waals surface area contributed by atoms with E-state index in [1.165, 1.54) is 36.5 Å². The van der Waals surface area contributed by atoms with Crippen molar-refractivity contribution in [2.75, 3.05) is 10.0 Å². The van der Waals surface area contributed by atoms with Gasteiger partial charge in [0.05, 0.1) is 4.90 Å². The molecular weight excluding hydrogens is 340 g/mol. The van der Waals surface area contributed by atoms with Crippen LogP contribution in [0, 0.1) is 36.5 Å². The van der Waals surface area contributed by atoms with Crippen molar-refractivity contribution in [1.82, 2.24) is 9.97 Å². The second-order valence-electron chi connectivity index (χ2n) is 5.00. The van der Waals surface area contributed by atoms with Gasteiger partial charge in [0.25, 0.3) is 10.0 Å². The molecule has 0 saturated heterocycles. The molecule has 2 rings (SSSR count). The van der Waals surface area contributed by atoms with Gasteiger partial charge in [-0.1, -0.05) is 0 Å². The van der Waals surface area contributed by atoms with Gasteiger partial charge in [-0.2, -0.15) is 10.5 Å². The fraction of sp³-hybridized carbons (Fsp3) is 0.125. The number of hydrogen-bond acceptors (Lipinski definition) is 7. The number of benzene rings is 1. The maximum atomic E-state index is 12.4. The first-order valence-electron chi connectivity index (χ1n) is 7.06. The van der Waals surface area contributed by atoms with Crippen LogP contribution in [0.1, 0.15) is 11.5 Å². The van der Waals surface area contributed by atoms with Crippen molar-refractivity contribution in [3.05, 3.63) is 53.6 Å². The Labute approximate surface area is 145 Å². The van der Waals surface area contributed by atoms with Crippen LogP contribution in [0.2, 0.25) is 0 Å². The number of aryl methyl sites for hydroxylation is 2. The Morgan fingerprint density at radius 2 is 1.76 bits per heavy atom. The van der Waals surface area contributed by atoms with Gasteiger partial charge in [-0.25, -0.2) is 18.4 Å². The number of sulfonamides is 1. The van der Waals surface area contributed by atoms with E-state index in [2.05, 4.69) is 20.0 Å². The molecule has 0 aliphatic heterocycles. The van der Waals surface area contributed by atoms with Crippen LogP contribution in [0.3, 0.4) is 0 Å². The summed E-state index contributed by atoms with van der Waals surface area (Å²) in [5, 5.41) is 20.1. The molecule has 0 amide bonds. The van der Waals surface area contributed by atoms with Crippen LogP contribution in [0.25, 0.3) is 0 Å². The van der Waals surface area contributed by atoms with E-state index in [1.807, 2.05) is 0 Å². The van der Waals surface area contributed by atoms with Crippen LogP contribution in [0.5, 0.6) is 0 Å². The van der Waals surface area contributed by atoms with Gasteiger partial charge in [-0.15, -0.1) is 0 Å². The molecule has 126 valence electrons. The first-order chi connectivity index (χ1) is 11.8. The van der Waals surface area contributed by atoms with E-state index in [0.29, 0.717) is 17.2 Å². The first-order valence-corrected chi connectivity index (χ1v) is 8.54. The van der Waals surface area contributed by atoms with Crippen molar-refractivity contribution in [2.24, 2.45) is 0 Å². The molecule has 0 spiro atoms. The van der Waals surface area contributed by atoms with Gasteiger partial charge < -0.3 is 5.32 Å². The van der Waals surface area contributed by atoms with Gasteiger partial charge in [0.2, 0.25) is 0 Å². The summed E-state index contributed by atoms with van der Waals surface area (Å²) in [5.74, 6) is 0.664. The molecule has 1 heterocycles. The highest BCUT2D eigenvalue weighted by Crippen LogP contribution is 2.18. The van der Waals surface area contributed by atoms with Crippen LogP contribution in [-0.4, -0.2) is 18.4 Å². The molecule has 0 bridgehead atoms. The zero-order chi connectivity index (χ0) is 18.4. The van der Waals surface area contributed by atoms with Crippen molar-refractivity contribution in [1.29, 1.82) is 10.5 Å². The van der Waals surface area contributed by atoms with Crippen molar-refractivity contribution in [3.63, 3.8) is 0 Å². The molecular formula is C16H14N6O2S. The zero-order valence-corrected chi connectivity index (χ0v) is 14.3. The summed E-state index contributed by atoms with van der Waals surface area (Å²) in [4.78, 5) is 8.19. The van der Waals surface area contributed by atoms with Gasteiger partial charge in [0.1, 0.15) is 29.4 Å². The molecule has 25 heavy (non-hydrogen) atoms. The maximum Gasteiger partial charge on any atom is 0.263 e. The van der Waals surface area contributed by atoms with Crippen LogP contribution in [0.4, 0.5) is 11.5 Å². The third-order valence-corrected chi connectivity index (χ3v) is 4.36. The summed E-state index contributed by atoms with van der Waals surface area (Å²) in [7, 11) is -3.79. The average molecular weight is 354 g/mol. The van der Waals surface area contributed by atoms with Crippen molar-refractivity contribution < 1.29 is 8.42 Å². The largest absolute Gasteiger partial charge is 0.360 e.